The smallest absolute Gasteiger partial charge is 0.243 e. The van der Waals surface area contributed by atoms with E-state index in [1.54, 1.807) is 22.5 Å². The summed E-state index contributed by atoms with van der Waals surface area (Å²) in [5, 5.41) is 2.88. The van der Waals surface area contributed by atoms with E-state index in [4.69, 9.17) is 0 Å². The SMILES string of the molecule is CC1CCCCN1S(=O)(=O)c1ccc2c(c1)CCC(=O)N2CC(=O)NCc1ccc(N(C)C)cc1. The molecule has 0 aromatic heterocycles. The van der Waals surface area contributed by atoms with Gasteiger partial charge in [0.2, 0.25) is 21.8 Å². The number of piperidine rings is 1. The van der Waals surface area contributed by atoms with Gasteiger partial charge < -0.3 is 15.1 Å². The predicted octanol–water partition coefficient (Wildman–Crippen LogP) is 2.91. The molecule has 0 radical (unpaired) electrons. The Hall–Kier alpha value is -2.91. The summed E-state index contributed by atoms with van der Waals surface area (Å²) >= 11 is 0. The summed E-state index contributed by atoms with van der Waals surface area (Å²) in [5.41, 5.74) is 3.43. The van der Waals surface area contributed by atoms with Gasteiger partial charge in [-0.2, -0.15) is 4.31 Å². The number of nitrogens with zero attached hydrogens (tertiary/aromatic N) is 3. The zero-order chi connectivity index (χ0) is 25.2. The first-order valence-corrected chi connectivity index (χ1v) is 13.6. The van der Waals surface area contributed by atoms with Crippen molar-refractivity contribution >= 4 is 33.2 Å². The highest BCUT2D eigenvalue weighted by atomic mass is 32.2. The van der Waals surface area contributed by atoms with E-state index < -0.39 is 10.0 Å². The lowest BCUT2D eigenvalue weighted by molar-refractivity contribution is -0.124. The van der Waals surface area contributed by atoms with Crippen LogP contribution in [0, 0.1) is 0 Å². The van der Waals surface area contributed by atoms with Gasteiger partial charge >= 0.3 is 0 Å². The Morgan fingerprint density at radius 3 is 2.51 bits per heavy atom. The second-order valence-corrected chi connectivity index (χ2v) is 11.5. The summed E-state index contributed by atoms with van der Waals surface area (Å²) < 4.78 is 28.1. The highest BCUT2D eigenvalue weighted by Crippen LogP contribution is 2.32. The van der Waals surface area contributed by atoms with Crippen molar-refractivity contribution in [1.29, 1.82) is 0 Å². The third-order valence-corrected chi connectivity index (χ3v) is 8.85. The van der Waals surface area contributed by atoms with Gasteiger partial charge in [0, 0.05) is 51.0 Å². The number of sulfonamides is 1. The lowest BCUT2D eigenvalue weighted by atomic mass is 10.0. The molecule has 2 aliphatic heterocycles. The molecule has 188 valence electrons. The second-order valence-electron chi connectivity index (χ2n) is 9.57. The molecule has 1 saturated heterocycles. The van der Waals surface area contributed by atoms with Crippen LogP contribution in [0.5, 0.6) is 0 Å². The van der Waals surface area contributed by atoms with E-state index in [-0.39, 0.29) is 35.7 Å². The Balaban J connectivity index is 1.45. The Kier molecular flexibility index (Phi) is 7.47. The quantitative estimate of drug-likeness (QED) is 0.634. The monoisotopic (exact) mass is 498 g/mol. The predicted molar refractivity (Wildman–Crippen MR) is 137 cm³/mol. The Bertz CT molecular complexity index is 1190. The standard InChI is InChI=1S/C26H34N4O4S/c1-19-6-4-5-15-30(19)35(33,34)23-12-13-24-21(16-23)9-14-26(32)29(24)18-25(31)27-17-20-7-10-22(11-8-20)28(2)3/h7-8,10-13,16,19H,4-6,9,14-15,17-18H2,1-3H3,(H,27,31). The van der Waals surface area contributed by atoms with E-state index in [0.717, 1.165) is 36.1 Å². The van der Waals surface area contributed by atoms with Crippen molar-refractivity contribution in [3.05, 3.63) is 53.6 Å². The number of anilines is 2. The van der Waals surface area contributed by atoms with E-state index >= 15 is 0 Å². The summed E-state index contributed by atoms with van der Waals surface area (Å²) in [6.07, 6.45) is 3.48. The molecular weight excluding hydrogens is 464 g/mol. The maximum Gasteiger partial charge on any atom is 0.243 e. The van der Waals surface area contributed by atoms with Crippen LogP contribution in [0.3, 0.4) is 0 Å². The van der Waals surface area contributed by atoms with Crippen molar-refractivity contribution in [1.82, 2.24) is 9.62 Å². The van der Waals surface area contributed by atoms with Crippen LogP contribution in [-0.2, 0) is 32.6 Å². The van der Waals surface area contributed by atoms with Crippen LogP contribution in [-0.4, -0.2) is 57.8 Å². The molecule has 2 heterocycles. The van der Waals surface area contributed by atoms with E-state index in [2.05, 4.69) is 5.32 Å². The molecule has 0 bridgehead atoms. The van der Waals surface area contributed by atoms with Crippen molar-refractivity contribution < 1.29 is 18.0 Å². The lowest BCUT2D eigenvalue weighted by Crippen LogP contribution is -2.43. The van der Waals surface area contributed by atoms with Crippen LogP contribution in [0.1, 0.15) is 43.7 Å². The van der Waals surface area contributed by atoms with Crippen molar-refractivity contribution in [3.63, 3.8) is 0 Å². The largest absolute Gasteiger partial charge is 0.378 e. The normalized spacial score (nSPS) is 18.8. The molecule has 1 unspecified atom stereocenters. The molecule has 0 saturated carbocycles. The van der Waals surface area contributed by atoms with Crippen molar-refractivity contribution in [3.8, 4) is 0 Å². The maximum absolute atomic E-state index is 13.3. The molecule has 2 aromatic carbocycles. The van der Waals surface area contributed by atoms with Crippen LogP contribution in [0.15, 0.2) is 47.4 Å². The minimum Gasteiger partial charge on any atom is -0.378 e. The van der Waals surface area contributed by atoms with Gasteiger partial charge in [-0.15, -0.1) is 0 Å². The highest BCUT2D eigenvalue weighted by molar-refractivity contribution is 7.89. The van der Waals surface area contributed by atoms with Gasteiger partial charge in [-0.05, 0) is 67.6 Å². The van der Waals surface area contributed by atoms with Gasteiger partial charge in [0.05, 0.1) is 4.90 Å². The summed E-state index contributed by atoms with van der Waals surface area (Å²) in [6, 6.07) is 12.8. The Morgan fingerprint density at radius 1 is 1.09 bits per heavy atom. The van der Waals surface area contributed by atoms with Crippen LogP contribution < -0.4 is 15.1 Å². The van der Waals surface area contributed by atoms with Crippen molar-refractivity contribution in [2.75, 3.05) is 37.0 Å². The number of benzene rings is 2. The molecule has 2 aliphatic rings. The zero-order valence-electron chi connectivity index (χ0n) is 20.7. The number of aryl methyl sites for hydroxylation is 1. The number of amides is 2. The Morgan fingerprint density at radius 2 is 1.83 bits per heavy atom. The number of rotatable bonds is 7. The van der Waals surface area contributed by atoms with Gasteiger partial charge in [0.25, 0.3) is 0 Å². The molecular formula is C26H34N4O4S. The minimum atomic E-state index is -3.60. The fourth-order valence-electron chi connectivity index (χ4n) is 4.75. The van der Waals surface area contributed by atoms with E-state index in [1.165, 1.54) is 4.90 Å². The first kappa shape index (κ1) is 25.2. The number of carbonyl (C=O) groups excluding carboxylic acids is 2. The second kappa shape index (κ2) is 10.4. The van der Waals surface area contributed by atoms with Crippen LogP contribution in [0.4, 0.5) is 11.4 Å². The Labute approximate surface area is 207 Å². The van der Waals surface area contributed by atoms with Gasteiger partial charge in [-0.25, -0.2) is 8.42 Å². The molecule has 1 fully saturated rings. The van der Waals surface area contributed by atoms with E-state index in [1.807, 2.05) is 50.2 Å². The van der Waals surface area contributed by atoms with Gasteiger partial charge in [-0.3, -0.25) is 9.59 Å². The van der Waals surface area contributed by atoms with Crippen LogP contribution in [0.25, 0.3) is 0 Å². The molecule has 35 heavy (non-hydrogen) atoms. The number of hydrogen-bond acceptors (Lipinski definition) is 5. The molecule has 1 atom stereocenters. The molecule has 0 aliphatic carbocycles. The first-order chi connectivity index (χ1) is 16.7. The van der Waals surface area contributed by atoms with E-state index in [9.17, 15) is 18.0 Å². The number of carbonyl (C=O) groups is 2. The molecule has 1 N–H and O–H groups in total. The summed E-state index contributed by atoms with van der Waals surface area (Å²) in [6.45, 7) is 2.75. The van der Waals surface area contributed by atoms with Crippen LogP contribution >= 0.6 is 0 Å². The molecule has 9 heteroatoms. The van der Waals surface area contributed by atoms with E-state index in [0.29, 0.717) is 25.2 Å². The van der Waals surface area contributed by atoms with Crippen molar-refractivity contribution in [2.45, 2.75) is 56.5 Å². The number of fused-ring (bicyclic) bond motifs is 1. The molecule has 4 rings (SSSR count). The van der Waals surface area contributed by atoms with Gasteiger partial charge in [0.15, 0.2) is 0 Å². The fraction of sp³-hybridized carbons (Fsp3) is 0.462. The average molecular weight is 499 g/mol. The maximum atomic E-state index is 13.3. The fourth-order valence-corrected chi connectivity index (χ4v) is 6.50. The summed E-state index contributed by atoms with van der Waals surface area (Å²) in [7, 11) is 0.339. The summed E-state index contributed by atoms with van der Waals surface area (Å²) in [4.78, 5) is 29.0. The van der Waals surface area contributed by atoms with Gasteiger partial charge in [0.1, 0.15) is 6.54 Å². The molecule has 0 spiro atoms. The minimum absolute atomic E-state index is 0.0226. The number of hydrogen-bond donors (Lipinski definition) is 1. The average Bonchev–Trinajstić information content (AvgIpc) is 2.84. The molecule has 2 aromatic rings. The van der Waals surface area contributed by atoms with Crippen molar-refractivity contribution in [2.24, 2.45) is 0 Å². The summed E-state index contributed by atoms with van der Waals surface area (Å²) in [5.74, 6) is -0.398. The molecule has 2 amide bonds. The van der Waals surface area contributed by atoms with Gasteiger partial charge in [-0.1, -0.05) is 18.6 Å². The number of nitrogens with one attached hydrogen (secondary N) is 1. The third kappa shape index (κ3) is 5.51. The third-order valence-electron chi connectivity index (χ3n) is 6.84. The first-order valence-electron chi connectivity index (χ1n) is 12.1. The molecule has 8 nitrogen and oxygen atoms in total. The van der Waals surface area contributed by atoms with Crippen LogP contribution in [0.2, 0.25) is 0 Å². The lowest BCUT2D eigenvalue weighted by Gasteiger charge is -2.33. The topological polar surface area (TPSA) is 90.0 Å². The zero-order valence-corrected chi connectivity index (χ0v) is 21.5. The highest BCUT2D eigenvalue weighted by Gasteiger charge is 2.33.